The summed E-state index contributed by atoms with van der Waals surface area (Å²) in [5.41, 5.74) is 0.188. The van der Waals surface area contributed by atoms with Crippen molar-refractivity contribution in [2.24, 2.45) is 11.8 Å². The fourth-order valence-electron chi connectivity index (χ4n) is 4.38. The van der Waals surface area contributed by atoms with Gasteiger partial charge in [-0.3, -0.25) is 4.79 Å². The summed E-state index contributed by atoms with van der Waals surface area (Å²) in [5, 5.41) is 0. The van der Waals surface area contributed by atoms with Gasteiger partial charge in [0.25, 0.3) is 5.91 Å². The van der Waals surface area contributed by atoms with E-state index in [0.29, 0.717) is 12.5 Å². The van der Waals surface area contributed by atoms with Crippen molar-refractivity contribution in [1.29, 1.82) is 0 Å². The molecular formula is C19H25FN2O2. The smallest absolute Gasteiger partial charge is 0.257 e. The molecule has 4 nitrogen and oxygen atoms in total. The van der Waals surface area contributed by atoms with Crippen LogP contribution in [0.2, 0.25) is 0 Å². The first-order chi connectivity index (χ1) is 11.7. The van der Waals surface area contributed by atoms with Gasteiger partial charge in [-0.15, -0.1) is 0 Å². The highest BCUT2D eigenvalue weighted by Gasteiger charge is 2.47. The number of halogens is 1. The zero-order chi connectivity index (χ0) is 16.7. The number of nitrogens with zero attached hydrogens (tertiary/aromatic N) is 2. The number of fused-ring (bicyclic) bond motifs is 1. The van der Waals surface area contributed by atoms with Crippen molar-refractivity contribution >= 4 is 5.91 Å². The minimum Gasteiger partial charge on any atom is -0.381 e. The summed E-state index contributed by atoms with van der Waals surface area (Å²) in [6, 6.07) is 6.43. The Kier molecular flexibility index (Phi) is 4.31. The molecule has 1 aliphatic carbocycles. The fraction of sp³-hybridized carbons (Fsp3) is 0.632. The van der Waals surface area contributed by atoms with E-state index in [2.05, 4.69) is 4.90 Å². The van der Waals surface area contributed by atoms with E-state index in [1.54, 1.807) is 25.3 Å². The average molecular weight is 332 g/mol. The third-order valence-corrected chi connectivity index (χ3v) is 5.82. The van der Waals surface area contributed by atoms with Gasteiger partial charge in [-0.1, -0.05) is 12.1 Å². The molecule has 1 aromatic rings. The van der Waals surface area contributed by atoms with E-state index in [9.17, 15) is 9.18 Å². The van der Waals surface area contributed by atoms with Gasteiger partial charge in [-0.05, 0) is 37.3 Å². The van der Waals surface area contributed by atoms with E-state index in [1.165, 1.54) is 18.9 Å². The van der Waals surface area contributed by atoms with Gasteiger partial charge in [0.15, 0.2) is 0 Å². The minimum atomic E-state index is -0.430. The number of carbonyl (C=O) groups is 1. The SMILES string of the molecule is CO[C@@H]1CCN(C(=O)c2ccccc2F)[C@H]2CN(CC3CC3)C[C@@H]12. The van der Waals surface area contributed by atoms with Crippen LogP contribution in [0.4, 0.5) is 4.39 Å². The minimum absolute atomic E-state index is 0.134. The Morgan fingerprint density at radius 1 is 1.25 bits per heavy atom. The Morgan fingerprint density at radius 3 is 2.75 bits per heavy atom. The monoisotopic (exact) mass is 332 g/mol. The lowest BCUT2D eigenvalue weighted by atomic mass is 9.88. The summed E-state index contributed by atoms with van der Waals surface area (Å²) in [5.74, 6) is 0.562. The number of ether oxygens (including phenoxy) is 1. The quantitative estimate of drug-likeness (QED) is 0.849. The molecule has 1 saturated carbocycles. The second-order valence-corrected chi connectivity index (χ2v) is 7.43. The number of amides is 1. The van der Waals surface area contributed by atoms with Gasteiger partial charge < -0.3 is 14.5 Å². The van der Waals surface area contributed by atoms with Crippen LogP contribution in [0.25, 0.3) is 0 Å². The van der Waals surface area contributed by atoms with Crippen LogP contribution in [-0.4, -0.2) is 61.1 Å². The zero-order valence-electron chi connectivity index (χ0n) is 14.2. The van der Waals surface area contributed by atoms with Crippen LogP contribution in [-0.2, 0) is 4.74 Å². The zero-order valence-corrected chi connectivity index (χ0v) is 14.2. The normalized spacial score (nSPS) is 30.4. The first-order valence-corrected chi connectivity index (χ1v) is 8.98. The van der Waals surface area contributed by atoms with Crippen LogP contribution >= 0.6 is 0 Å². The molecule has 2 saturated heterocycles. The largest absolute Gasteiger partial charge is 0.381 e. The van der Waals surface area contributed by atoms with Gasteiger partial charge in [0.05, 0.1) is 17.7 Å². The van der Waals surface area contributed by atoms with Gasteiger partial charge >= 0.3 is 0 Å². The molecule has 3 atom stereocenters. The van der Waals surface area contributed by atoms with Crippen LogP contribution in [0.15, 0.2) is 24.3 Å². The highest BCUT2D eigenvalue weighted by atomic mass is 19.1. The molecule has 2 heterocycles. The van der Waals surface area contributed by atoms with Gasteiger partial charge in [-0.25, -0.2) is 4.39 Å². The maximum atomic E-state index is 14.1. The standard InChI is InChI=1S/C19H25FN2O2/c1-24-18-8-9-22(19(23)14-4-2-3-5-16(14)20)17-12-21(11-15(17)18)10-13-6-7-13/h2-5,13,15,17-18H,6-12H2,1H3/t15-,17+,18-/m1/s1. The molecule has 3 aliphatic rings. The Hall–Kier alpha value is -1.46. The van der Waals surface area contributed by atoms with Crippen molar-refractivity contribution in [2.45, 2.75) is 31.4 Å². The molecule has 24 heavy (non-hydrogen) atoms. The number of carbonyl (C=O) groups excluding carboxylic acids is 1. The molecule has 0 radical (unpaired) electrons. The highest BCUT2D eigenvalue weighted by Crippen LogP contribution is 2.37. The third-order valence-electron chi connectivity index (χ3n) is 5.82. The van der Waals surface area contributed by atoms with Crippen LogP contribution in [0.3, 0.4) is 0 Å². The molecule has 2 aliphatic heterocycles. The van der Waals surface area contributed by atoms with Crippen molar-refractivity contribution in [1.82, 2.24) is 9.80 Å². The van der Waals surface area contributed by atoms with Crippen molar-refractivity contribution < 1.29 is 13.9 Å². The van der Waals surface area contributed by atoms with Crippen LogP contribution in [0.5, 0.6) is 0 Å². The summed E-state index contributed by atoms with van der Waals surface area (Å²) in [6.07, 6.45) is 3.69. The number of methoxy groups -OCH3 is 1. The van der Waals surface area contributed by atoms with E-state index in [1.807, 2.05) is 4.90 Å². The first-order valence-electron chi connectivity index (χ1n) is 8.98. The molecule has 4 rings (SSSR count). The molecule has 1 aromatic carbocycles. The molecule has 5 heteroatoms. The summed E-state index contributed by atoms with van der Waals surface area (Å²) in [6.45, 7) is 3.65. The van der Waals surface area contributed by atoms with E-state index < -0.39 is 5.82 Å². The van der Waals surface area contributed by atoms with Crippen molar-refractivity contribution in [3.8, 4) is 0 Å². The molecule has 0 N–H and O–H groups in total. The third kappa shape index (κ3) is 2.95. The van der Waals surface area contributed by atoms with Crippen molar-refractivity contribution in [2.75, 3.05) is 33.3 Å². The van der Waals surface area contributed by atoms with Gasteiger partial charge in [0, 0.05) is 39.2 Å². The second-order valence-electron chi connectivity index (χ2n) is 7.43. The maximum absolute atomic E-state index is 14.1. The lowest BCUT2D eigenvalue weighted by molar-refractivity contribution is -0.0158. The van der Waals surface area contributed by atoms with E-state index in [-0.39, 0.29) is 23.6 Å². The van der Waals surface area contributed by atoms with Crippen LogP contribution in [0.1, 0.15) is 29.6 Å². The summed E-state index contributed by atoms with van der Waals surface area (Å²) >= 11 is 0. The number of piperidine rings is 1. The molecular weight excluding hydrogens is 307 g/mol. The van der Waals surface area contributed by atoms with E-state index in [4.69, 9.17) is 4.74 Å². The Morgan fingerprint density at radius 2 is 2.04 bits per heavy atom. The lowest BCUT2D eigenvalue weighted by Crippen LogP contribution is -2.53. The predicted octanol–water partition coefficient (Wildman–Crippen LogP) is 2.40. The molecule has 1 amide bonds. The number of likely N-dealkylation sites (tertiary alicyclic amines) is 2. The molecule has 0 spiro atoms. The molecule has 3 fully saturated rings. The lowest BCUT2D eigenvalue weighted by Gasteiger charge is -2.41. The Bertz CT molecular complexity index is 619. The maximum Gasteiger partial charge on any atom is 0.257 e. The summed E-state index contributed by atoms with van der Waals surface area (Å²) in [4.78, 5) is 17.3. The Labute approximate surface area is 142 Å². The number of hydrogen-bond donors (Lipinski definition) is 0. The molecule has 130 valence electrons. The Balaban J connectivity index is 1.55. The van der Waals surface area contributed by atoms with E-state index >= 15 is 0 Å². The summed E-state index contributed by atoms with van der Waals surface area (Å²) < 4.78 is 19.7. The topological polar surface area (TPSA) is 32.8 Å². The van der Waals surface area contributed by atoms with Crippen LogP contribution in [0, 0.1) is 17.7 Å². The van der Waals surface area contributed by atoms with Gasteiger partial charge in [0.1, 0.15) is 5.82 Å². The molecule has 0 aromatic heterocycles. The molecule has 0 unspecified atom stereocenters. The van der Waals surface area contributed by atoms with Crippen molar-refractivity contribution in [3.63, 3.8) is 0 Å². The summed E-state index contributed by atoms with van der Waals surface area (Å²) in [7, 11) is 1.76. The average Bonchev–Trinajstić information content (AvgIpc) is 3.30. The van der Waals surface area contributed by atoms with Crippen molar-refractivity contribution in [3.05, 3.63) is 35.6 Å². The highest BCUT2D eigenvalue weighted by molar-refractivity contribution is 5.94. The van der Waals surface area contributed by atoms with E-state index in [0.717, 1.165) is 32.0 Å². The number of benzene rings is 1. The fourth-order valence-corrected chi connectivity index (χ4v) is 4.38. The predicted molar refractivity (Wildman–Crippen MR) is 89.3 cm³/mol. The van der Waals surface area contributed by atoms with Gasteiger partial charge in [0.2, 0.25) is 0 Å². The first kappa shape index (κ1) is 16.0. The number of rotatable bonds is 4. The van der Waals surface area contributed by atoms with Gasteiger partial charge in [-0.2, -0.15) is 0 Å². The second kappa shape index (κ2) is 6.45. The number of hydrogen-bond acceptors (Lipinski definition) is 3. The molecule has 0 bridgehead atoms. The van der Waals surface area contributed by atoms with Crippen LogP contribution < -0.4 is 0 Å².